The van der Waals surface area contributed by atoms with Crippen LogP contribution in [0.1, 0.15) is 29.6 Å². The van der Waals surface area contributed by atoms with Crippen molar-refractivity contribution in [3.63, 3.8) is 0 Å². The van der Waals surface area contributed by atoms with Gasteiger partial charge in [0.05, 0.1) is 0 Å². The summed E-state index contributed by atoms with van der Waals surface area (Å²) < 4.78 is 38.9. The molecule has 1 aromatic rings. The first-order valence-electron chi connectivity index (χ1n) is 6.18. The highest BCUT2D eigenvalue weighted by Crippen LogP contribution is 2.25. The predicted octanol–water partition coefficient (Wildman–Crippen LogP) is 2.38. The molecule has 2 rings (SSSR count). The Morgan fingerprint density at radius 3 is 2.40 bits per heavy atom. The molecule has 0 radical (unpaired) electrons. The van der Waals surface area contributed by atoms with Crippen LogP contribution in [-0.2, 0) is 0 Å². The quantitative estimate of drug-likeness (QED) is 0.842. The first-order valence-corrected chi connectivity index (χ1v) is 6.18. The third-order valence-corrected chi connectivity index (χ3v) is 3.52. The van der Waals surface area contributed by atoms with Crippen molar-refractivity contribution in [2.45, 2.75) is 25.3 Å². The second kappa shape index (κ2) is 6.95. The fraction of sp³-hybridized carbons (Fsp3) is 0.462. The Kier molecular flexibility index (Phi) is 5.83. The van der Waals surface area contributed by atoms with Crippen LogP contribution in [0.4, 0.5) is 13.2 Å². The van der Waals surface area contributed by atoms with Gasteiger partial charge in [0.2, 0.25) is 0 Å². The van der Waals surface area contributed by atoms with Crippen molar-refractivity contribution in [2.24, 2.45) is 11.7 Å². The monoisotopic (exact) mass is 308 g/mol. The molecule has 1 fully saturated rings. The van der Waals surface area contributed by atoms with Crippen molar-refractivity contribution in [3.8, 4) is 0 Å². The molecule has 1 aliphatic carbocycles. The Balaban J connectivity index is 0.00000200. The molecule has 112 valence electrons. The number of amides is 1. The van der Waals surface area contributed by atoms with Gasteiger partial charge < -0.3 is 11.1 Å². The second-order valence-corrected chi connectivity index (χ2v) is 4.76. The average molecular weight is 309 g/mol. The number of nitrogens with two attached hydrogens (primary N) is 1. The van der Waals surface area contributed by atoms with Crippen LogP contribution < -0.4 is 11.1 Å². The van der Waals surface area contributed by atoms with Crippen molar-refractivity contribution in [2.75, 3.05) is 6.54 Å². The van der Waals surface area contributed by atoms with E-state index in [1.54, 1.807) is 0 Å². The molecule has 0 aliphatic heterocycles. The van der Waals surface area contributed by atoms with E-state index in [1.165, 1.54) is 0 Å². The highest BCUT2D eigenvalue weighted by Gasteiger charge is 2.28. The number of hydrogen-bond donors (Lipinski definition) is 2. The lowest BCUT2D eigenvalue weighted by atomic mass is 10.0. The van der Waals surface area contributed by atoms with E-state index >= 15 is 0 Å². The van der Waals surface area contributed by atoms with Crippen LogP contribution in [-0.4, -0.2) is 18.5 Å². The Morgan fingerprint density at radius 1 is 1.25 bits per heavy atom. The van der Waals surface area contributed by atoms with E-state index in [9.17, 15) is 18.0 Å². The maximum atomic E-state index is 13.0. The molecule has 0 heterocycles. The summed E-state index contributed by atoms with van der Waals surface area (Å²) >= 11 is 0. The van der Waals surface area contributed by atoms with Crippen molar-refractivity contribution in [1.29, 1.82) is 0 Å². The number of nitrogens with one attached hydrogen (secondary N) is 1. The highest BCUT2D eigenvalue weighted by atomic mass is 35.5. The van der Waals surface area contributed by atoms with E-state index in [0.717, 1.165) is 19.3 Å². The van der Waals surface area contributed by atoms with Gasteiger partial charge in [-0.3, -0.25) is 4.79 Å². The number of carbonyl (C=O) groups excluding carboxylic acids is 1. The minimum atomic E-state index is -1.57. The molecule has 3 N–H and O–H groups in total. The van der Waals surface area contributed by atoms with Gasteiger partial charge in [0, 0.05) is 11.6 Å². The van der Waals surface area contributed by atoms with E-state index in [2.05, 4.69) is 5.32 Å². The second-order valence-electron chi connectivity index (χ2n) is 4.76. The molecular weight excluding hydrogens is 293 g/mol. The lowest BCUT2D eigenvalue weighted by molar-refractivity contribution is 0.0927. The smallest absolute Gasteiger partial charge is 0.251 e. The molecule has 2 unspecified atom stereocenters. The molecule has 20 heavy (non-hydrogen) atoms. The normalized spacial score (nSPS) is 21.4. The van der Waals surface area contributed by atoms with Crippen LogP contribution in [0.25, 0.3) is 0 Å². The van der Waals surface area contributed by atoms with Gasteiger partial charge in [-0.25, -0.2) is 13.2 Å². The minimum Gasteiger partial charge on any atom is -0.349 e. The zero-order valence-electron chi connectivity index (χ0n) is 10.7. The largest absolute Gasteiger partial charge is 0.349 e. The van der Waals surface area contributed by atoms with Crippen LogP contribution in [0.5, 0.6) is 0 Å². The lowest BCUT2D eigenvalue weighted by Crippen LogP contribution is -2.39. The lowest BCUT2D eigenvalue weighted by Gasteiger charge is -2.19. The summed E-state index contributed by atoms with van der Waals surface area (Å²) in [5.74, 6) is -4.74. The van der Waals surface area contributed by atoms with Crippen molar-refractivity contribution < 1.29 is 18.0 Å². The standard InChI is InChI=1S/C13H15F3N2O.ClH/c14-9-4-8(5-10(15)12(9)16)13(19)18-11-3-1-2-7(11)6-17;/h4-5,7,11H,1-3,6,17H2,(H,18,19);1H. The molecule has 0 spiro atoms. The van der Waals surface area contributed by atoms with Gasteiger partial charge in [-0.05, 0) is 37.4 Å². The molecular formula is C13H16ClF3N2O. The predicted molar refractivity (Wildman–Crippen MR) is 71.2 cm³/mol. The van der Waals surface area contributed by atoms with Gasteiger partial charge >= 0.3 is 0 Å². The van der Waals surface area contributed by atoms with E-state index in [1.807, 2.05) is 0 Å². The van der Waals surface area contributed by atoms with E-state index in [0.29, 0.717) is 18.7 Å². The molecule has 2 atom stereocenters. The molecule has 3 nitrogen and oxygen atoms in total. The highest BCUT2D eigenvalue weighted by molar-refractivity contribution is 5.94. The molecule has 1 aromatic carbocycles. The number of carbonyl (C=O) groups is 1. The zero-order valence-corrected chi connectivity index (χ0v) is 11.5. The van der Waals surface area contributed by atoms with Crippen molar-refractivity contribution in [1.82, 2.24) is 5.32 Å². The molecule has 1 aliphatic rings. The van der Waals surface area contributed by atoms with E-state index in [-0.39, 0.29) is 29.9 Å². The summed E-state index contributed by atoms with van der Waals surface area (Å²) in [6, 6.07) is 1.30. The number of halogens is 4. The van der Waals surface area contributed by atoms with Gasteiger partial charge in [0.1, 0.15) is 0 Å². The summed E-state index contributed by atoms with van der Waals surface area (Å²) in [4.78, 5) is 11.9. The van der Waals surface area contributed by atoms with Gasteiger partial charge in [0.25, 0.3) is 5.91 Å². The maximum Gasteiger partial charge on any atom is 0.251 e. The zero-order chi connectivity index (χ0) is 14.0. The third kappa shape index (κ3) is 3.43. The molecule has 0 aromatic heterocycles. The maximum absolute atomic E-state index is 13.0. The SMILES string of the molecule is Cl.NCC1CCCC1NC(=O)c1cc(F)c(F)c(F)c1. The van der Waals surface area contributed by atoms with Crippen LogP contribution in [0, 0.1) is 23.4 Å². The van der Waals surface area contributed by atoms with E-state index < -0.39 is 23.4 Å². The number of benzene rings is 1. The molecule has 0 saturated heterocycles. The Labute approximate surface area is 121 Å². The summed E-state index contributed by atoms with van der Waals surface area (Å²) in [5.41, 5.74) is 5.36. The summed E-state index contributed by atoms with van der Waals surface area (Å²) in [6.07, 6.45) is 2.67. The van der Waals surface area contributed by atoms with Crippen molar-refractivity contribution in [3.05, 3.63) is 35.1 Å². The van der Waals surface area contributed by atoms with Crippen LogP contribution in [0.3, 0.4) is 0 Å². The van der Waals surface area contributed by atoms with Crippen molar-refractivity contribution >= 4 is 18.3 Å². The summed E-state index contributed by atoms with van der Waals surface area (Å²) in [5, 5.41) is 2.70. The summed E-state index contributed by atoms with van der Waals surface area (Å²) in [7, 11) is 0. The van der Waals surface area contributed by atoms with Crippen LogP contribution in [0.15, 0.2) is 12.1 Å². The fourth-order valence-electron chi connectivity index (χ4n) is 2.45. The topological polar surface area (TPSA) is 55.1 Å². The Hall–Kier alpha value is -1.27. The average Bonchev–Trinajstić information content (AvgIpc) is 2.82. The first-order chi connectivity index (χ1) is 9.02. The fourth-order valence-corrected chi connectivity index (χ4v) is 2.45. The number of hydrogen-bond acceptors (Lipinski definition) is 2. The van der Waals surface area contributed by atoms with Gasteiger partial charge in [-0.1, -0.05) is 6.42 Å². The van der Waals surface area contributed by atoms with Gasteiger partial charge in [-0.2, -0.15) is 0 Å². The third-order valence-electron chi connectivity index (χ3n) is 3.52. The number of rotatable bonds is 3. The minimum absolute atomic E-state index is 0. The Morgan fingerprint density at radius 2 is 1.85 bits per heavy atom. The summed E-state index contributed by atoms with van der Waals surface area (Å²) in [6.45, 7) is 0.455. The van der Waals surface area contributed by atoms with E-state index in [4.69, 9.17) is 5.73 Å². The van der Waals surface area contributed by atoms with Gasteiger partial charge in [-0.15, -0.1) is 12.4 Å². The molecule has 7 heteroatoms. The molecule has 1 saturated carbocycles. The molecule has 0 bridgehead atoms. The van der Waals surface area contributed by atoms with Gasteiger partial charge in [0.15, 0.2) is 17.5 Å². The van der Waals surface area contributed by atoms with Crippen LogP contribution >= 0.6 is 12.4 Å². The van der Waals surface area contributed by atoms with Crippen LogP contribution in [0.2, 0.25) is 0 Å². The Bertz CT molecular complexity index is 475. The molecule has 1 amide bonds. The first kappa shape index (κ1) is 16.8.